The van der Waals surface area contributed by atoms with Crippen molar-refractivity contribution in [1.82, 2.24) is 0 Å². The molecule has 0 spiro atoms. The van der Waals surface area contributed by atoms with E-state index in [9.17, 15) is 35.1 Å². The average Bonchev–Trinajstić information content (AvgIpc) is 2.94. The van der Waals surface area contributed by atoms with Gasteiger partial charge in [-0.25, -0.2) is 4.79 Å². The molecule has 0 bridgehead atoms. The molecule has 1 saturated heterocycles. The molecule has 1 aliphatic rings. The Morgan fingerprint density at radius 2 is 1.82 bits per heavy atom. The Hall–Kier alpha value is -3.58. The number of carbonyl (C=O) groups excluding carboxylic acids is 1. The maximum Gasteiger partial charge on any atom is 0.331 e. The van der Waals surface area contributed by atoms with E-state index in [-0.39, 0.29) is 28.0 Å². The van der Waals surface area contributed by atoms with E-state index in [2.05, 4.69) is 0 Å². The molecule has 11 nitrogen and oxygen atoms in total. The minimum absolute atomic E-state index is 0.0362. The fourth-order valence-corrected chi connectivity index (χ4v) is 4.71. The van der Waals surface area contributed by atoms with Crippen molar-refractivity contribution >= 4 is 23.0 Å². The maximum atomic E-state index is 13.1. The molecule has 1 fully saturated rings. The molecule has 11 heteroatoms. The second-order valence-electron chi connectivity index (χ2n) is 9.62. The minimum Gasteiger partial charge on any atom is -0.496 e. The number of benzene rings is 2. The molecule has 214 valence electrons. The average molecular weight is 557 g/mol. The van der Waals surface area contributed by atoms with Crippen LogP contribution in [0.15, 0.2) is 57.8 Å². The Labute approximate surface area is 229 Å². The van der Waals surface area contributed by atoms with Crippen molar-refractivity contribution < 1.29 is 49.0 Å². The van der Waals surface area contributed by atoms with Crippen LogP contribution >= 0.6 is 0 Å². The number of aliphatic hydroxyl groups excluding tert-OH is 5. The number of hydrogen-bond acceptors (Lipinski definition) is 11. The first-order valence-electron chi connectivity index (χ1n) is 12.6. The molecule has 0 saturated carbocycles. The molecule has 3 aromatic rings. The summed E-state index contributed by atoms with van der Waals surface area (Å²) in [7, 11) is 1.35. The number of aliphatic hydroxyl groups is 5. The summed E-state index contributed by atoms with van der Waals surface area (Å²) in [5.41, 5.74) is 0.567. The van der Waals surface area contributed by atoms with Gasteiger partial charge in [0.15, 0.2) is 11.5 Å². The van der Waals surface area contributed by atoms with Gasteiger partial charge < -0.3 is 44.2 Å². The van der Waals surface area contributed by atoms with Crippen LogP contribution in [0.5, 0.6) is 5.75 Å². The summed E-state index contributed by atoms with van der Waals surface area (Å²) in [6.45, 7) is 2.27. The van der Waals surface area contributed by atoms with Crippen molar-refractivity contribution in [1.29, 1.82) is 0 Å². The largest absolute Gasteiger partial charge is 0.496 e. The van der Waals surface area contributed by atoms with Crippen LogP contribution in [0.3, 0.4) is 0 Å². The Morgan fingerprint density at radius 1 is 1.12 bits per heavy atom. The first kappa shape index (κ1) is 29.4. The van der Waals surface area contributed by atoms with E-state index in [1.54, 1.807) is 31.2 Å². The van der Waals surface area contributed by atoms with E-state index in [0.29, 0.717) is 11.1 Å². The van der Waals surface area contributed by atoms with E-state index < -0.39 is 60.7 Å². The minimum atomic E-state index is -1.72. The molecule has 0 unspecified atom stereocenters. The van der Waals surface area contributed by atoms with Crippen molar-refractivity contribution in [2.75, 3.05) is 13.7 Å². The second-order valence-corrected chi connectivity index (χ2v) is 9.62. The number of aryl methyl sites for hydroxylation is 1. The van der Waals surface area contributed by atoms with Gasteiger partial charge in [-0.2, -0.15) is 0 Å². The van der Waals surface area contributed by atoms with Crippen LogP contribution in [0.25, 0.3) is 17.0 Å². The summed E-state index contributed by atoms with van der Waals surface area (Å²) in [4.78, 5) is 26.0. The van der Waals surface area contributed by atoms with Crippen LogP contribution in [0.1, 0.15) is 41.6 Å². The molecular formula is C29H32O11. The van der Waals surface area contributed by atoms with Crippen molar-refractivity contribution in [3.8, 4) is 5.75 Å². The molecule has 1 aliphatic heterocycles. The first-order valence-corrected chi connectivity index (χ1v) is 12.6. The predicted octanol–water partition coefficient (Wildman–Crippen LogP) is 1.30. The topological polar surface area (TPSA) is 176 Å². The van der Waals surface area contributed by atoms with Gasteiger partial charge in [0.1, 0.15) is 47.6 Å². The summed E-state index contributed by atoms with van der Waals surface area (Å²) in [6.07, 6.45) is -7.75. The molecule has 40 heavy (non-hydrogen) atoms. The van der Waals surface area contributed by atoms with E-state index in [0.717, 1.165) is 12.1 Å². The van der Waals surface area contributed by atoms with Crippen LogP contribution in [0.4, 0.5) is 0 Å². The molecule has 0 radical (unpaired) electrons. The third kappa shape index (κ3) is 5.80. The van der Waals surface area contributed by atoms with Crippen LogP contribution in [-0.4, -0.2) is 75.7 Å². The van der Waals surface area contributed by atoms with E-state index in [4.69, 9.17) is 18.6 Å². The highest BCUT2D eigenvalue weighted by molar-refractivity contribution is 5.88. The molecule has 2 aromatic carbocycles. The summed E-state index contributed by atoms with van der Waals surface area (Å²) in [6, 6.07) is 11.5. The number of fused-ring (bicyclic) bond motifs is 1. The fraction of sp³-hybridized carbons (Fsp3) is 0.379. The highest BCUT2D eigenvalue weighted by Crippen LogP contribution is 2.43. The fourth-order valence-electron chi connectivity index (χ4n) is 4.71. The molecular weight excluding hydrogens is 524 g/mol. The quantitative estimate of drug-likeness (QED) is 0.200. The lowest BCUT2D eigenvalue weighted by molar-refractivity contribution is -0.239. The maximum absolute atomic E-state index is 13.1. The monoisotopic (exact) mass is 556 g/mol. The summed E-state index contributed by atoms with van der Waals surface area (Å²) >= 11 is 0. The molecule has 0 amide bonds. The van der Waals surface area contributed by atoms with E-state index in [1.165, 1.54) is 26.2 Å². The SMILES string of the molecule is COc1cc(C)c2c(=O)cc([C@H](O)[C@H](C)O)oc2c1[C@@H]1O[C@H](CO)[C@@H](O)[C@H](O)[C@H]1OC(=O)/C=C/c1ccccc1. The van der Waals surface area contributed by atoms with Gasteiger partial charge >= 0.3 is 5.97 Å². The van der Waals surface area contributed by atoms with Crippen LogP contribution in [-0.2, 0) is 14.3 Å². The molecule has 7 atom stereocenters. The van der Waals surface area contributed by atoms with Crippen LogP contribution < -0.4 is 10.2 Å². The molecule has 1 aromatic heterocycles. The predicted molar refractivity (Wildman–Crippen MR) is 142 cm³/mol. The van der Waals surface area contributed by atoms with Crippen LogP contribution in [0.2, 0.25) is 0 Å². The van der Waals surface area contributed by atoms with Gasteiger partial charge in [-0.3, -0.25) is 4.79 Å². The van der Waals surface area contributed by atoms with Crippen molar-refractivity contribution in [2.24, 2.45) is 0 Å². The first-order chi connectivity index (χ1) is 19.1. The number of rotatable bonds is 8. The summed E-state index contributed by atoms with van der Waals surface area (Å²) in [5.74, 6) is -0.975. The second kappa shape index (κ2) is 12.3. The Morgan fingerprint density at radius 3 is 2.45 bits per heavy atom. The van der Waals surface area contributed by atoms with Gasteiger partial charge in [0, 0.05) is 12.1 Å². The van der Waals surface area contributed by atoms with E-state index >= 15 is 0 Å². The van der Waals surface area contributed by atoms with Crippen molar-refractivity contribution in [2.45, 2.75) is 56.6 Å². The smallest absolute Gasteiger partial charge is 0.331 e. The lowest BCUT2D eigenvalue weighted by Gasteiger charge is -2.42. The molecule has 4 rings (SSSR count). The Kier molecular flexibility index (Phi) is 9.04. The standard InChI is InChI=1S/C29H32O11/c1-14-11-18(37-3)23(27-22(14)17(32)12-19(38-27)24(34)15(2)31)28-29(26(36)25(35)20(13-30)39-28)40-21(33)10-9-16-7-5-4-6-8-16/h4-12,15,20,24-26,28-31,34-36H,13H2,1-3H3/b10-9+/t15-,20+,24+,25+,26-,28-,29+/m0/s1. The van der Waals surface area contributed by atoms with Gasteiger partial charge in [-0.05, 0) is 37.1 Å². The van der Waals surface area contributed by atoms with Crippen LogP contribution in [0, 0.1) is 6.92 Å². The zero-order chi connectivity index (χ0) is 29.1. The molecule has 0 aliphatic carbocycles. The van der Waals surface area contributed by atoms with Gasteiger partial charge in [0.05, 0.1) is 30.8 Å². The number of ether oxygens (including phenoxy) is 3. The number of carbonyl (C=O) groups is 1. The lowest BCUT2D eigenvalue weighted by atomic mass is 9.88. The van der Waals surface area contributed by atoms with Crippen molar-refractivity contribution in [3.63, 3.8) is 0 Å². The number of esters is 1. The van der Waals surface area contributed by atoms with Crippen molar-refractivity contribution in [3.05, 3.63) is 81.2 Å². The lowest BCUT2D eigenvalue weighted by Crippen LogP contribution is -2.56. The summed E-state index contributed by atoms with van der Waals surface area (Å²) < 4.78 is 23.0. The van der Waals surface area contributed by atoms with E-state index in [1.807, 2.05) is 6.07 Å². The zero-order valence-corrected chi connectivity index (χ0v) is 22.1. The third-order valence-electron chi connectivity index (χ3n) is 6.80. The van der Waals surface area contributed by atoms with Gasteiger partial charge in [-0.1, -0.05) is 30.3 Å². The number of methoxy groups -OCH3 is 1. The molecule has 5 N–H and O–H groups in total. The Balaban J connectivity index is 1.87. The zero-order valence-electron chi connectivity index (χ0n) is 22.1. The normalized spacial score (nSPS) is 24.6. The highest BCUT2D eigenvalue weighted by atomic mass is 16.6. The highest BCUT2D eigenvalue weighted by Gasteiger charge is 2.49. The third-order valence-corrected chi connectivity index (χ3v) is 6.80. The Bertz CT molecular complexity index is 1430. The van der Waals surface area contributed by atoms with Gasteiger partial charge in [0.25, 0.3) is 0 Å². The van der Waals surface area contributed by atoms with Gasteiger partial charge in [0.2, 0.25) is 0 Å². The van der Waals surface area contributed by atoms with Gasteiger partial charge in [-0.15, -0.1) is 0 Å². The summed E-state index contributed by atoms with van der Waals surface area (Å²) in [5, 5.41) is 51.9. The number of hydrogen-bond donors (Lipinski definition) is 5. The molecule has 2 heterocycles.